The van der Waals surface area contributed by atoms with Crippen molar-refractivity contribution in [2.75, 3.05) is 6.54 Å². The Morgan fingerprint density at radius 1 is 1.24 bits per heavy atom. The zero-order chi connectivity index (χ0) is 15.7. The van der Waals surface area contributed by atoms with Crippen molar-refractivity contribution in [1.29, 1.82) is 0 Å². The lowest BCUT2D eigenvalue weighted by atomic mass is 9.94. The van der Waals surface area contributed by atoms with Gasteiger partial charge < -0.3 is 15.7 Å². The number of carboxylic acid groups (broad SMARTS) is 1. The summed E-state index contributed by atoms with van der Waals surface area (Å²) in [5.74, 6) is -0.482. The monoisotopic (exact) mass is 293 g/mol. The number of aliphatic carboxylic acids is 1. The van der Waals surface area contributed by atoms with Crippen LogP contribution in [-0.2, 0) is 11.3 Å². The molecule has 1 rings (SSSR count). The van der Waals surface area contributed by atoms with Gasteiger partial charge in [-0.1, -0.05) is 13.8 Å². The van der Waals surface area contributed by atoms with E-state index in [1.54, 1.807) is 12.4 Å². The molecule has 0 fully saturated rings. The molecule has 1 heterocycles. The molecule has 0 aliphatic carbocycles. The minimum Gasteiger partial charge on any atom is -0.481 e. The van der Waals surface area contributed by atoms with Gasteiger partial charge in [-0.15, -0.1) is 0 Å². The predicted octanol–water partition coefficient (Wildman–Crippen LogP) is 2.02. The van der Waals surface area contributed by atoms with E-state index >= 15 is 0 Å². The van der Waals surface area contributed by atoms with Crippen molar-refractivity contribution in [3.05, 3.63) is 30.1 Å². The van der Waals surface area contributed by atoms with Crippen molar-refractivity contribution >= 4 is 12.0 Å². The average Bonchev–Trinajstić information content (AvgIpc) is 2.42. The maximum Gasteiger partial charge on any atom is 0.315 e. The highest BCUT2D eigenvalue weighted by molar-refractivity contribution is 5.74. The highest BCUT2D eigenvalue weighted by atomic mass is 16.4. The second kappa shape index (κ2) is 8.94. The number of aromatic nitrogens is 1. The normalized spacial score (nSPS) is 12.0. The second-order valence-corrected chi connectivity index (χ2v) is 5.51. The Labute approximate surface area is 125 Å². The molecule has 6 nitrogen and oxygen atoms in total. The molecule has 3 N–H and O–H groups in total. The Hall–Kier alpha value is -2.11. The molecule has 0 aromatic carbocycles. The first-order chi connectivity index (χ1) is 9.97. The highest BCUT2D eigenvalue weighted by Crippen LogP contribution is 2.14. The standard InChI is InChI=1S/C15H23N3O3/c1-11(2)7-13(8-14(19)20)10-18-15(21)17-9-12-3-5-16-6-4-12/h3-6,11,13H,7-10H2,1-2H3,(H,19,20)(H2,17,18,21). The SMILES string of the molecule is CC(C)CC(CNC(=O)NCc1ccncc1)CC(=O)O. The van der Waals surface area contributed by atoms with E-state index < -0.39 is 5.97 Å². The van der Waals surface area contributed by atoms with Crippen molar-refractivity contribution in [2.45, 2.75) is 33.2 Å². The summed E-state index contributed by atoms with van der Waals surface area (Å²) in [6.07, 6.45) is 4.18. The van der Waals surface area contributed by atoms with Crippen molar-refractivity contribution in [1.82, 2.24) is 15.6 Å². The third kappa shape index (κ3) is 7.91. The van der Waals surface area contributed by atoms with Crippen LogP contribution < -0.4 is 10.6 Å². The molecule has 0 radical (unpaired) electrons. The van der Waals surface area contributed by atoms with Gasteiger partial charge in [0.1, 0.15) is 0 Å². The lowest BCUT2D eigenvalue weighted by molar-refractivity contribution is -0.138. The van der Waals surface area contributed by atoms with Gasteiger partial charge in [0.25, 0.3) is 0 Å². The minimum absolute atomic E-state index is 0.0471. The summed E-state index contributed by atoms with van der Waals surface area (Å²) < 4.78 is 0. The molecule has 1 atom stereocenters. The number of urea groups is 1. The molecule has 1 unspecified atom stereocenters. The summed E-state index contributed by atoms with van der Waals surface area (Å²) in [5, 5.41) is 14.4. The summed E-state index contributed by atoms with van der Waals surface area (Å²) in [6, 6.07) is 3.37. The number of carbonyl (C=O) groups excluding carboxylic acids is 1. The van der Waals surface area contributed by atoms with Gasteiger partial charge in [-0.05, 0) is 36.0 Å². The Bertz CT molecular complexity index is 449. The van der Waals surface area contributed by atoms with Crippen molar-refractivity contribution in [3.8, 4) is 0 Å². The fraction of sp³-hybridized carbons (Fsp3) is 0.533. The maximum absolute atomic E-state index is 11.7. The van der Waals surface area contributed by atoms with Gasteiger partial charge in [0.15, 0.2) is 0 Å². The van der Waals surface area contributed by atoms with Crippen LogP contribution in [0.5, 0.6) is 0 Å². The molecule has 0 saturated heterocycles. The summed E-state index contributed by atoms with van der Waals surface area (Å²) in [7, 11) is 0. The van der Waals surface area contributed by atoms with Crippen LogP contribution in [0, 0.1) is 11.8 Å². The number of nitrogens with zero attached hydrogens (tertiary/aromatic N) is 1. The smallest absolute Gasteiger partial charge is 0.315 e. The lowest BCUT2D eigenvalue weighted by Crippen LogP contribution is -2.38. The molecule has 6 heteroatoms. The minimum atomic E-state index is -0.834. The molecule has 0 aliphatic heterocycles. The van der Waals surface area contributed by atoms with Gasteiger partial charge in [-0.25, -0.2) is 4.79 Å². The van der Waals surface area contributed by atoms with Crippen molar-refractivity contribution in [3.63, 3.8) is 0 Å². The van der Waals surface area contributed by atoms with E-state index in [0.29, 0.717) is 19.0 Å². The molecule has 0 aliphatic rings. The largest absolute Gasteiger partial charge is 0.481 e. The highest BCUT2D eigenvalue weighted by Gasteiger charge is 2.15. The van der Waals surface area contributed by atoms with Gasteiger partial charge in [-0.3, -0.25) is 9.78 Å². The van der Waals surface area contributed by atoms with Crippen LogP contribution in [-0.4, -0.2) is 28.6 Å². The van der Waals surface area contributed by atoms with E-state index in [-0.39, 0.29) is 18.4 Å². The zero-order valence-corrected chi connectivity index (χ0v) is 12.5. The van der Waals surface area contributed by atoms with E-state index in [4.69, 9.17) is 5.11 Å². The molecule has 1 aromatic heterocycles. The molecule has 2 amide bonds. The first kappa shape index (κ1) is 16.9. The molecule has 0 spiro atoms. The Kier molecular flexibility index (Phi) is 7.21. The molecular formula is C15H23N3O3. The van der Waals surface area contributed by atoms with E-state index in [1.165, 1.54) is 0 Å². The number of nitrogens with one attached hydrogen (secondary N) is 2. The van der Waals surface area contributed by atoms with Crippen molar-refractivity contribution in [2.24, 2.45) is 11.8 Å². The number of pyridine rings is 1. The quantitative estimate of drug-likeness (QED) is 0.684. The van der Waals surface area contributed by atoms with E-state index in [1.807, 2.05) is 26.0 Å². The van der Waals surface area contributed by atoms with Crippen LogP contribution in [0.15, 0.2) is 24.5 Å². The van der Waals surface area contributed by atoms with Crippen LogP contribution in [0.1, 0.15) is 32.3 Å². The van der Waals surface area contributed by atoms with Gasteiger partial charge in [0.05, 0.1) is 0 Å². The molecule has 21 heavy (non-hydrogen) atoms. The van der Waals surface area contributed by atoms with Gasteiger partial charge in [0.2, 0.25) is 0 Å². The predicted molar refractivity (Wildman–Crippen MR) is 79.7 cm³/mol. The maximum atomic E-state index is 11.7. The molecule has 0 bridgehead atoms. The number of hydrogen-bond acceptors (Lipinski definition) is 3. The Morgan fingerprint density at radius 3 is 2.48 bits per heavy atom. The van der Waals surface area contributed by atoms with E-state index in [2.05, 4.69) is 15.6 Å². The lowest BCUT2D eigenvalue weighted by Gasteiger charge is -2.18. The Morgan fingerprint density at radius 2 is 1.90 bits per heavy atom. The summed E-state index contributed by atoms with van der Waals surface area (Å²) in [6.45, 7) is 4.87. The van der Waals surface area contributed by atoms with Crippen LogP contribution in [0.4, 0.5) is 4.79 Å². The summed E-state index contributed by atoms with van der Waals surface area (Å²) in [5.41, 5.74) is 0.962. The van der Waals surface area contributed by atoms with Gasteiger partial charge in [0, 0.05) is 31.9 Å². The first-order valence-electron chi connectivity index (χ1n) is 7.09. The summed E-state index contributed by atoms with van der Waals surface area (Å²) >= 11 is 0. The van der Waals surface area contributed by atoms with Gasteiger partial charge >= 0.3 is 12.0 Å². The third-order valence-corrected chi connectivity index (χ3v) is 3.02. The molecule has 116 valence electrons. The zero-order valence-electron chi connectivity index (χ0n) is 12.5. The van der Waals surface area contributed by atoms with Gasteiger partial charge in [-0.2, -0.15) is 0 Å². The number of carboxylic acids is 1. The van der Waals surface area contributed by atoms with Crippen LogP contribution in [0.2, 0.25) is 0 Å². The molecule has 0 saturated carbocycles. The number of amides is 2. The number of hydrogen-bond donors (Lipinski definition) is 3. The van der Waals surface area contributed by atoms with Crippen LogP contribution >= 0.6 is 0 Å². The fourth-order valence-corrected chi connectivity index (χ4v) is 2.13. The number of rotatable bonds is 8. The number of carbonyl (C=O) groups is 2. The summed E-state index contributed by atoms with van der Waals surface area (Å²) in [4.78, 5) is 26.4. The van der Waals surface area contributed by atoms with Crippen molar-refractivity contribution < 1.29 is 14.7 Å². The molecule has 1 aromatic rings. The first-order valence-corrected chi connectivity index (χ1v) is 7.09. The molecular weight excluding hydrogens is 270 g/mol. The second-order valence-electron chi connectivity index (χ2n) is 5.51. The topological polar surface area (TPSA) is 91.3 Å². The Balaban J connectivity index is 2.33. The van der Waals surface area contributed by atoms with Crippen LogP contribution in [0.25, 0.3) is 0 Å². The fourth-order valence-electron chi connectivity index (χ4n) is 2.13. The average molecular weight is 293 g/mol. The van der Waals surface area contributed by atoms with Crippen LogP contribution in [0.3, 0.4) is 0 Å². The van der Waals surface area contributed by atoms with E-state index in [9.17, 15) is 9.59 Å². The third-order valence-electron chi connectivity index (χ3n) is 3.02. The van der Waals surface area contributed by atoms with E-state index in [0.717, 1.165) is 12.0 Å².